The number of hydrogen-bond acceptors (Lipinski definition) is 4. The van der Waals surface area contributed by atoms with Crippen molar-refractivity contribution < 1.29 is 18.3 Å². The molecule has 0 bridgehead atoms. The molecule has 1 aliphatic rings. The SMILES string of the molecule is COCCNS(=O)(=O)N1CCC(CCO)C1. The van der Waals surface area contributed by atoms with E-state index in [1.54, 1.807) is 0 Å². The predicted octanol–water partition coefficient (Wildman–Crippen LogP) is -0.828. The van der Waals surface area contributed by atoms with Gasteiger partial charge in [-0.25, -0.2) is 0 Å². The van der Waals surface area contributed by atoms with Crippen molar-refractivity contribution in [3.05, 3.63) is 0 Å². The minimum absolute atomic E-state index is 0.121. The molecular formula is C9H20N2O4S. The summed E-state index contributed by atoms with van der Waals surface area (Å²) in [6.07, 6.45) is 1.50. The van der Waals surface area contributed by atoms with Gasteiger partial charge < -0.3 is 9.84 Å². The minimum atomic E-state index is -3.36. The minimum Gasteiger partial charge on any atom is -0.396 e. The zero-order chi connectivity index (χ0) is 12.0. The largest absolute Gasteiger partial charge is 0.396 e. The summed E-state index contributed by atoms with van der Waals surface area (Å²) in [5.74, 6) is 0.281. The Labute approximate surface area is 96.8 Å². The molecule has 0 saturated carbocycles. The molecule has 16 heavy (non-hydrogen) atoms. The summed E-state index contributed by atoms with van der Waals surface area (Å²) in [7, 11) is -1.83. The van der Waals surface area contributed by atoms with Crippen LogP contribution in [-0.2, 0) is 14.9 Å². The van der Waals surface area contributed by atoms with Crippen LogP contribution in [0.2, 0.25) is 0 Å². The van der Waals surface area contributed by atoms with Gasteiger partial charge in [0.2, 0.25) is 0 Å². The summed E-state index contributed by atoms with van der Waals surface area (Å²) < 4.78 is 32.2. The van der Waals surface area contributed by atoms with Crippen LogP contribution in [0.25, 0.3) is 0 Å². The van der Waals surface area contributed by atoms with Gasteiger partial charge in [-0.2, -0.15) is 17.4 Å². The molecule has 1 fully saturated rings. The van der Waals surface area contributed by atoms with E-state index >= 15 is 0 Å². The van der Waals surface area contributed by atoms with E-state index < -0.39 is 10.2 Å². The van der Waals surface area contributed by atoms with Crippen LogP contribution >= 0.6 is 0 Å². The van der Waals surface area contributed by atoms with E-state index in [2.05, 4.69) is 4.72 Å². The molecule has 1 heterocycles. The van der Waals surface area contributed by atoms with Crippen LogP contribution in [0.1, 0.15) is 12.8 Å². The summed E-state index contributed by atoms with van der Waals surface area (Å²) >= 11 is 0. The van der Waals surface area contributed by atoms with Crippen molar-refractivity contribution in [2.45, 2.75) is 12.8 Å². The fourth-order valence-electron chi connectivity index (χ4n) is 1.80. The molecule has 96 valence electrons. The first kappa shape index (κ1) is 13.9. The van der Waals surface area contributed by atoms with Gasteiger partial charge in [-0.1, -0.05) is 0 Å². The lowest BCUT2D eigenvalue weighted by atomic mass is 10.1. The lowest BCUT2D eigenvalue weighted by molar-refractivity contribution is 0.204. The second-order valence-corrected chi connectivity index (χ2v) is 5.67. The second kappa shape index (κ2) is 6.51. The molecule has 0 spiro atoms. The zero-order valence-corrected chi connectivity index (χ0v) is 10.4. The number of hydrogen-bond donors (Lipinski definition) is 2. The van der Waals surface area contributed by atoms with E-state index in [4.69, 9.17) is 9.84 Å². The average molecular weight is 252 g/mol. The molecule has 0 aromatic rings. The third kappa shape index (κ3) is 3.99. The van der Waals surface area contributed by atoms with Gasteiger partial charge >= 0.3 is 0 Å². The molecule has 6 nitrogen and oxygen atoms in total. The molecule has 0 amide bonds. The molecule has 1 rings (SSSR count). The summed E-state index contributed by atoms with van der Waals surface area (Å²) in [6, 6.07) is 0. The van der Waals surface area contributed by atoms with E-state index in [0.29, 0.717) is 32.7 Å². The third-order valence-electron chi connectivity index (χ3n) is 2.72. The molecule has 1 unspecified atom stereocenters. The van der Waals surface area contributed by atoms with Crippen LogP contribution < -0.4 is 4.72 Å². The molecule has 0 aromatic carbocycles. The number of ether oxygens (including phenoxy) is 1. The van der Waals surface area contributed by atoms with E-state index in [1.165, 1.54) is 11.4 Å². The highest BCUT2D eigenvalue weighted by Gasteiger charge is 2.30. The number of aliphatic hydroxyl groups is 1. The van der Waals surface area contributed by atoms with Gasteiger partial charge in [-0.15, -0.1) is 0 Å². The van der Waals surface area contributed by atoms with Crippen molar-refractivity contribution in [1.29, 1.82) is 0 Å². The zero-order valence-electron chi connectivity index (χ0n) is 9.55. The van der Waals surface area contributed by atoms with Gasteiger partial charge in [0.05, 0.1) is 6.61 Å². The van der Waals surface area contributed by atoms with E-state index in [-0.39, 0.29) is 12.5 Å². The maximum atomic E-state index is 11.8. The summed E-state index contributed by atoms with van der Waals surface area (Å²) in [5, 5.41) is 8.79. The van der Waals surface area contributed by atoms with Crippen molar-refractivity contribution in [2.24, 2.45) is 5.92 Å². The highest BCUT2D eigenvalue weighted by Crippen LogP contribution is 2.20. The summed E-state index contributed by atoms with van der Waals surface area (Å²) in [4.78, 5) is 0. The normalized spacial score (nSPS) is 22.8. The van der Waals surface area contributed by atoms with E-state index in [1.807, 2.05) is 0 Å². The second-order valence-electron chi connectivity index (χ2n) is 3.92. The van der Waals surface area contributed by atoms with E-state index in [9.17, 15) is 8.42 Å². The molecule has 0 aromatic heterocycles. The van der Waals surface area contributed by atoms with Gasteiger partial charge in [-0.3, -0.25) is 0 Å². The first-order valence-electron chi connectivity index (χ1n) is 5.44. The molecule has 0 radical (unpaired) electrons. The van der Waals surface area contributed by atoms with Crippen LogP contribution in [0.5, 0.6) is 0 Å². The fraction of sp³-hybridized carbons (Fsp3) is 1.00. The van der Waals surface area contributed by atoms with Gasteiger partial charge in [0.15, 0.2) is 0 Å². The Morgan fingerprint density at radius 2 is 2.31 bits per heavy atom. The van der Waals surface area contributed by atoms with Crippen molar-refractivity contribution >= 4 is 10.2 Å². The maximum Gasteiger partial charge on any atom is 0.279 e. The Kier molecular flexibility index (Phi) is 5.63. The monoisotopic (exact) mass is 252 g/mol. The van der Waals surface area contributed by atoms with Crippen LogP contribution in [0.3, 0.4) is 0 Å². The van der Waals surface area contributed by atoms with Gasteiger partial charge in [0.1, 0.15) is 0 Å². The molecule has 0 aliphatic carbocycles. The Balaban J connectivity index is 2.39. The van der Waals surface area contributed by atoms with Crippen molar-refractivity contribution in [3.63, 3.8) is 0 Å². The number of nitrogens with zero attached hydrogens (tertiary/aromatic N) is 1. The maximum absolute atomic E-state index is 11.8. The molecule has 7 heteroatoms. The Morgan fingerprint density at radius 3 is 2.94 bits per heavy atom. The lowest BCUT2D eigenvalue weighted by Crippen LogP contribution is -2.40. The van der Waals surface area contributed by atoms with Gasteiger partial charge in [-0.05, 0) is 18.8 Å². The van der Waals surface area contributed by atoms with Crippen LogP contribution in [0.4, 0.5) is 0 Å². The van der Waals surface area contributed by atoms with Crippen molar-refractivity contribution in [1.82, 2.24) is 9.03 Å². The lowest BCUT2D eigenvalue weighted by Gasteiger charge is -2.16. The highest BCUT2D eigenvalue weighted by molar-refractivity contribution is 7.87. The first-order chi connectivity index (χ1) is 7.60. The summed E-state index contributed by atoms with van der Waals surface area (Å²) in [6.45, 7) is 1.82. The quantitative estimate of drug-likeness (QED) is 0.580. The van der Waals surface area contributed by atoms with Crippen molar-refractivity contribution in [3.8, 4) is 0 Å². The molecule has 1 aliphatic heterocycles. The highest BCUT2D eigenvalue weighted by atomic mass is 32.2. The predicted molar refractivity (Wildman–Crippen MR) is 60.2 cm³/mol. The average Bonchev–Trinajstić information content (AvgIpc) is 2.68. The third-order valence-corrected chi connectivity index (χ3v) is 4.30. The van der Waals surface area contributed by atoms with E-state index in [0.717, 1.165) is 6.42 Å². The Hall–Kier alpha value is -0.210. The van der Waals surface area contributed by atoms with Gasteiger partial charge in [0.25, 0.3) is 10.2 Å². The number of methoxy groups -OCH3 is 1. The Bertz CT molecular complexity index is 294. The number of rotatable bonds is 7. The Morgan fingerprint density at radius 1 is 1.56 bits per heavy atom. The molecule has 1 saturated heterocycles. The first-order valence-corrected chi connectivity index (χ1v) is 6.88. The van der Waals surface area contributed by atoms with Crippen LogP contribution in [-0.4, -0.2) is 57.8 Å². The molecule has 1 atom stereocenters. The van der Waals surface area contributed by atoms with Crippen LogP contribution in [0.15, 0.2) is 0 Å². The van der Waals surface area contributed by atoms with Gasteiger partial charge in [0, 0.05) is 33.4 Å². The molecule has 2 N–H and O–H groups in total. The number of nitrogens with one attached hydrogen (secondary N) is 1. The summed E-state index contributed by atoms with van der Waals surface area (Å²) in [5.41, 5.74) is 0. The number of aliphatic hydroxyl groups excluding tert-OH is 1. The standard InChI is InChI=1S/C9H20N2O4S/c1-15-7-4-10-16(13,14)11-5-2-9(8-11)3-6-12/h9-10,12H,2-8H2,1H3. The molecular weight excluding hydrogens is 232 g/mol. The van der Waals surface area contributed by atoms with Crippen LogP contribution in [0, 0.1) is 5.92 Å². The van der Waals surface area contributed by atoms with Crippen molar-refractivity contribution in [2.75, 3.05) is 40.0 Å². The fourth-order valence-corrected chi connectivity index (χ4v) is 3.07. The topological polar surface area (TPSA) is 78.9 Å². The smallest absolute Gasteiger partial charge is 0.279 e.